The Morgan fingerprint density at radius 2 is 0.333 bits per heavy atom. The summed E-state index contributed by atoms with van der Waals surface area (Å²) in [5, 5.41) is 0. The highest BCUT2D eigenvalue weighted by molar-refractivity contribution is 4.66. The highest BCUT2D eigenvalue weighted by Gasteiger charge is 2.12. The summed E-state index contributed by atoms with van der Waals surface area (Å²) < 4.78 is 0. The summed E-state index contributed by atoms with van der Waals surface area (Å²) in [7, 11) is 0. The Morgan fingerprint density at radius 3 is 0.500 bits per heavy atom. The van der Waals surface area contributed by atoms with Crippen LogP contribution < -0.4 is 0 Å². The van der Waals surface area contributed by atoms with E-state index in [0.717, 1.165) is 5.92 Å². The van der Waals surface area contributed by atoms with Crippen LogP contribution in [-0.2, 0) is 0 Å². The van der Waals surface area contributed by atoms with Crippen LogP contribution in [-0.4, -0.2) is 0 Å². The van der Waals surface area contributed by atoms with Crippen molar-refractivity contribution in [2.45, 2.75) is 379 Å². The van der Waals surface area contributed by atoms with Gasteiger partial charge in [-0.25, -0.2) is 0 Å². The summed E-state index contributed by atoms with van der Waals surface area (Å²) >= 11 is 0. The van der Waals surface area contributed by atoms with Gasteiger partial charge in [-0.2, -0.15) is 0 Å². The fourth-order valence-electron chi connectivity index (χ4n) is 10.8. The van der Waals surface area contributed by atoms with Crippen molar-refractivity contribution in [1.82, 2.24) is 0 Å². The van der Waals surface area contributed by atoms with Crippen LogP contribution in [0.1, 0.15) is 379 Å². The molecule has 0 saturated heterocycles. The molecule has 0 aliphatic heterocycles. The summed E-state index contributed by atoms with van der Waals surface area (Å²) in [6, 6.07) is 0. The molecule has 0 aromatic rings. The zero-order chi connectivity index (χ0) is 42.6. The summed E-state index contributed by atoms with van der Waals surface area (Å²) in [6.07, 6.45) is 86.9. The number of unbranched alkanes of at least 4 members (excludes halogenated alkanes) is 51. The first-order valence-corrected chi connectivity index (χ1v) is 29.9. The van der Waals surface area contributed by atoms with Gasteiger partial charge >= 0.3 is 0 Å². The first-order valence-electron chi connectivity index (χ1n) is 29.9. The van der Waals surface area contributed by atoms with Crippen molar-refractivity contribution in [2.24, 2.45) is 5.92 Å². The molecule has 0 aromatic heterocycles. The second-order valence-corrected chi connectivity index (χ2v) is 21.3. The summed E-state index contributed by atoms with van der Waals surface area (Å²) in [6.45, 7) is 2.31. The molecule has 0 heterocycles. The smallest absolute Gasteiger partial charge is 0.0414 e. The molecule has 0 spiro atoms. The monoisotopic (exact) mass is 841 g/mol. The van der Waals surface area contributed by atoms with E-state index in [1.54, 1.807) is 19.3 Å². The van der Waals surface area contributed by atoms with Crippen LogP contribution in [0.4, 0.5) is 0 Å². The van der Waals surface area contributed by atoms with Crippen LogP contribution in [0.5, 0.6) is 0 Å². The first kappa shape index (κ1) is 58.0. The molecule has 360 valence electrons. The third-order valence-electron chi connectivity index (χ3n) is 15.2. The van der Waals surface area contributed by atoms with Crippen LogP contribution in [0.3, 0.4) is 0 Å². The van der Waals surface area contributed by atoms with Crippen LogP contribution in [0.2, 0.25) is 0 Å². The van der Waals surface area contributed by atoms with Crippen molar-refractivity contribution < 1.29 is 0 Å². The third-order valence-corrected chi connectivity index (χ3v) is 15.2. The van der Waals surface area contributed by atoms with Crippen LogP contribution in [0.15, 0.2) is 0 Å². The van der Waals surface area contributed by atoms with E-state index in [0.29, 0.717) is 0 Å². The predicted molar refractivity (Wildman–Crippen MR) is 277 cm³/mol. The van der Waals surface area contributed by atoms with E-state index in [2.05, 4.69) is 6.92 Å². The topological polar surface area (TPSA) is 0 Å². The van der Waals surface area contributed by atoms with Crippen molar-refractivity contribution >= 4 is 0 Å². The Hall–Kier alpha value is 0. The first-order chi connectivity index (χ1) is 29.9. The maximum absolute atomic E-state index is 2.31. The van der Waals surface area contributed by atoms with Gasteiger partial charge in [-0.1, -0.05) is 379 Å². The average molecular weight is 842 g/mol. The van der Waals surface area contributed by atoms with E-state index in [1.807, 2.05) is 0 Å². The minimum Gasteiger partial charge on any atom is -0.0654 e. The summed E-state index contributed by atoms with van der Waals surface area (Å²) in [5.74, 6) is 1.10. The molecule has 1 saturated carbocycles. The van der Waals surface area contributed by atoms with E-state index in [1.165, 1.54) is 353 Å². The SMILES string of the molecule is CCCCCCCCCCCCCCCCCCCCCCCCCCCCCCCCCCCCCCCCCCCCCCCCCCCCCCC1CCCCC1. The predicted octanol–water partition coefficient (Wildman–Crippen LogP) is 23.3. The van der Waals surface area contributed by atoms with Gasteiger partial charge in [-0.15, -0.1) is 0 Å². The second kappa shape index (κ2) is 53.3. The molecule has 1 fully saturated rings. The zero-order valence-corrected chi connectivity index (χ0v) is 42.6. The zero-order valence-electron chi connectivity index (χ0n) is 42.6. The van der Waals surface area contributed by atoms with Crippen molar-refractivity contribution in [3.63, 3.8) is 0 Å². The summed E-state index contributed by atoms with van der Waals surface area (Å²) in [5.41, 5.74) is 0. The Labute approximate surface area is 383 Å². The van der Waals surface area contributed by atoms with Gasteiger partial charge in [0.05, 0.1) is 0 Å². The van der Waals surface area contributed by atoms with E-state index in [9.17, 15) is 0 Å². The van der Waals surface area contributed by atoms with Crippen LogP contribution >= 0.6 is 0 Å². The van der Waals surface area contributed by atoms with Crippen molar-refractivity contribution in [3.8, 4) is 0 Å². The molecule has 0 amide bonds. The van der Waals surface area contributed by atoms with Gasteiger partial charge in [0.1, 0.15) is 0 Å². The Bertz CT molecular complexity index is 718. The lowest BCUT2D eigenvalue weighted by Gasteiger charge is -2.21. The summed E-state index contributed by atoms with van der Waals surface area (Å²) in [4.78, 5) is 0. The van der Waals surface area contributed by atoms with Gasteiger partial charge in [0.25, 0.3) is 0 Å². The molecule has 1 rings (SSSR count). The van der Waals surface area contributed by atoms with Gasteiger partial charge in [-0.05, 0) is 5.92 Å². The quantitative estimate of drug-likeness (QED) is 0.0535. The van der Waals surface area contributed by atoms with Gasteiger partial charge < -0.3 is 0 Å². The molecule has 0 radical (unpaired) electrons. The minimum absolute atomic E-state index is 1.10. The molecule has 0 unspecified atom stereocenters. The Kier molecular flexibility index (Phi) is 51.6. The lowest BCUT2D eigenvalue weighted by molar-refractivity contribution is 0.328. The largest absolute Gasteiger partial charge is 0.0654 e. The van der Waals surface area contributed by atoms with Gasteiger partial charge in [-0.3, -0.25) is 0 Å². The standard InChI is InChI=1S/C60H120/c1-2-3-4-5-6-7-8-9-10-11-12-13-14-15-16-17-18-19-20-21-22-23-24-25-26-27-28-29-30-31-32-33-34-35-36-37-38-39-40-41-42-43-44-45-46-47-48-49-50-51-52-54-57-60-58-55-53-56-59-60/h60H,2-59H2,1H3. The molecule has 0 atom stereocenters. The molecule has 1 aliphatic carbocycles. The molecule has 0 bridgehead atoms. The average Bonchev–Trinajstić information content (AvgIpc) is 3.27. The van der Waals surface area contributed by atoms with E-state index >= 15 is 0 Å². The van der Waals surface area contributed by atoms with Gasteiger partial charge in [0.15, 0.2) is 0 Å². The molecule has 0 heteroatoms. The van der Waals surface area contributed by atoms with Crippen LogP contribution in [0, 0.1) is 5.92 Å². The Balaban J connectivity index is 1.58. The normalized spacial score (nSPS) is 13.6. The lowest BCUT2D eigenvalue weighted by atomic mass is 9.85. The van der Waals surface area contributed by atoms with Crippen molar-refractivity contribution in [3.05, 3.63) is 0 Å². The van der Waals surface area contributed by atoms with Crippen molar-refractivity contribution in [1.29, 1.82) is 0 Å². The van der Waals surface area contributed by atoms with Crippen LogP contribution in [0.25, 0.3) is 0 Å². The third kappa shape index (κ3) is 49.0. The van der Waals surface area contributed by atoms with E-state index in [-0.39, 0.29) is 0 Å². The Morgan fingerprint density at radius 1 is 0.183 bits per heavy atom. The lowest BCUT2D eigenvalue weighted by Crippen LogP contribution is -2.05. The second-order valence-electron chi connectivity index (χ2n) is 21.3. The maximum Gasteiger partial charge on any atom is -0.0414 e. The fourth-order valence-corrected chi connectivity index (χ4v) is 10.8. The minimum atomic E-state index is 1.10. The van der Waals surface area contributed by atoms with E-state index in [4.69, 9.17) is 0 Å². The fraction of sp³-hybridized carbons (Fsp3) is 1.00. The number of rotatable bonds is 53. The molecule has 60 heavy (non-hydrogen) atoms. The molecule has 0 aromatic carbocycles. The molecular weight excluding hydrogens is 721 g/mol. The van der Waals surface area contributed by atoms with Gasteiger partial charge in [0, 0.05) is 0 Å². The molecular formula is C60H120. The highest BCUT2D eigenvalue weighted by Crippen LogP contribution is 2.28. The maximum atomic E-state index is 2.31. The molecule has 0 N–H and O–H groups in total. The number of hydrogen-bond donors (Lipinski definition) is 0. The highest BCUT2D eigenvalue weighted by atomic mass is 14.2. The number of hydrogen-bond acceptors (Lipinski definition) is 0. The van der Waals surface area contributed by atoms with E-state index < -0.39 is 0 Å². The molecule has 1 aliphatic rings. The van der Waals surface area contributed by atoms with Gasteiger partial charge in [0.2, 0.25) is 0 Å². The van der Waals surface area contributed by atoms with Crippen molar-refractivity contribution in [2.75, 3.05) is 0 Å². The molecule has 0 nitrogen and oxygen atoms in total.